The second kappa shape index (κ2) is 8.09. The summed E-state index contributed by atoms with van der Waals surface area (Å²) in [5.74, 6) is 2.26. The van der Waals surface area contributed by atoms with Crippen molar-refractivity contribution >= 4 is 57.8 Å². The Morgan fingerprint density at radius 2 is 1.94 bits per heavy atom. The van der Waals surface area contributed by atoms with E-state index in [-0.39, 0.29) is 17.2 Å². The Labute approximate surface area is 196 Å². The average molecular weight is 477 g/mol. The molecule has 0 atom stereocenters. The summed E-state index contributed by atoms with van der Waals surface area (Å²) in [6.45, 7) is 2.41. The molecule has 1 saturated heterocycles. The Balaban J connectivity index is 1.35. The minimum atomic E-state index is -0.336. The number of carbonyl (C=O) groups excluding carboxylic acids is 2. The van der Waals surface area contributed by atoms with E-state index in [9.17, 15) is 9.59 Å². The standard InChI is InChI=1S/C23H25ClN2O3S2/c1-2-29-18-4-3-17(24)8-16(18)9-19-20(27)26(22(30)31-19)25-21(28)23-10-13-5-14(11-23)7-15(6-13)12-23/h3-4,8-9,13-15H,2,5-7,10-12H2,1H3,(H,25,28)/b19-9+. The zero-order chi connectivity index (χ0) is 21.8. The van der Waals surface area contributed by atoms with Gasteiger partial charge in [-0.3, -0.25) is 15.0 Å². The highest BCUT2D eigenvalue weighted by Crippen LogP contribution is 2.60. The number of hydrogen-bond donors (Lipinski definition) is 1. The Hall–Kier alpha value is -1.57. The van der Waals surface area contributed by atoms with Crippen molar-refractivity contribution in [3.63, 3.8) is 0 Å². The van der Waals surface area contributed by atoms with Crippen LogP contribution in [0.3, 0.4) is 0 Å². The van der Waals surface area contributed by atoms with Crippen LogP contribution in [0.15, 0.2) is 23.1 Å². The second-order valence-corrected chi connectivity index (χ2v) is 11.4. The van der Waals surface area contributed by atoms with Crippen molar-refractivity contribution in [3.8, 4) is 5.75 Å². The fourth-order valence-electron chi connectivity index (χ4n) is 6.23. The van der Waals surface area contributed by atoms with E-state index in [1.54, 1.807) is 24.3 Å². The van der Waals surface area contributed by atoms with Gasteiger partial charge in [-0.1, -0.05) is 23.4 Å². The largest absolute Gasteiger partial charge is 0.493 e. The smallest absolute Gasteiger partial charge is 0.285 e. The predicted molar refractivity (Wildman–Crippen MR) is 126 cm³/mol. The molecule has 1 N–H and O–H groups in total. The molecule has 1 aromatic rings. The van der Waals surface area contributed by atoms with Gasteiger partial charge in [0, 0.05) is 10.6 Å². The molecule has 0 radical (unpaired) electrons. The minimum absolute atomic E-state index is 0.0399. The van der Waals surface area contributed by atoms with Gasteiger partial charge >= 0.3 is 0 Å². The summed E-state index contributed by atoms with van der Waals surface area (Å²) in [6, 6.07) is 5.29. The summed E-state index contributed by atoms with van der Waals surface area (Å²) >= 11 is 12.8. The molecule has 0 aromatic heterocycles. The molecule has 0 spiro atoms. The Morgan fingerprint density at radius 3 is 2.55 bits per heavy atom. The number of hydrogen-bond acceptors (Lipinski definition) is 5. The number of halogens is 1. The number of amides is 2. The number of nitrogens with zero attached hydrogens (tertiary/aromatic N) is 1. The third kappa shape index (κ3) is 3.89. The SMILES string of the molecule is CCOc1ccc(Cl)cc1/C=C1/SC(=S)N(NC(=O)C23CC4CC(CC(C4)C2)C3)C1=O. The lowest BCUT2D eigenvalue weighted by atomic mass is 9.49. The number of thioether (sulfide) groups is 1. The summed E-state index contributed by atoms with van der Waals surface area (Å²) in [5.41, 5.74) is 3.26. The van der Waals surface area contributed by atoms with Crippen molar-refractivity contribution in [1.29, 1.82) is 0 Å². The van der Waals surface area contributed by atoms with Crippen LogP contribution in [0.2, 0.25) is 5.02 Å². The first-order valence-corrected chi connectivity index (χ1v) is 12.5. The topological polar surface area (TPSA) is 58.6 Å². The lowest BCUT2D eigenvalue weighted by Crippen LogP contribution is -2.57. The number of hydrazine groups is 1. The summed E-state index contributed by atoms with van der Waals surface area (Å²) in [4.78, 5) is 26.9. The van der Waals surface area contributed by atoms with Crippen LogP contribution >= 0.6 is 35.6 Å². The van der Waals surface area contributed by atoms with E-state index >= 15 is 0 Å². The summed E-state index contributed by atoms with van der Waals surface area (Å²) in [6.07, 6.45) is 8.34. The van der Waals surface area contributed by atoms with Crippen LogP contribution in [0.1, 0.15) is 51.0 Å². The summed E-state index contributed by atoms with van der Waals surface area (Å²) in [5, 5.41) is 1.80. The van der Waals surface area contributed by atoms with Gasteiger partial charge in [-0.05, 0) is 99.7 Å². The monoisotopic (exact) mass is 476 g/mol. The molecule has 1 aromatic carbocycles. The molecule has 4 bridgehead atoms. The maximum atomic E-state index is 13.4. The van der Waals surface area contributed by atoms with Crippen molar-refractivity contribution in [3.05, 3.63) is 33.7 Å². The molecule has 4 aliphatic carbocycles. The molecule has 31 heavy (non-hydrogen) atoms. The van der Waals surface area contributed by atoms with Gasteiger partial charge in [0.15, 0.2) is 4.32 Å². The van der Waals surface area contributed by atoms with E-state index in [1.807, 2.05) is 6.92 Å². The third-order valence-electron chi connectivity index (χ3n) is 7.09. The van der Waals surface area contributed by atoms with Crippen LogP contribution in [0, 0.1) is 23.2 Å². The first-order chi connectivity index (χ1) is 14.9. The number of nitrogens with one attached hydrogen (secondary N) is 1. The first kappa shape index (κ1) is 21.3. The lowest BCUT2D eigenvalue weighted by molar-refractivity contribution is -0.152. The molecule has 164 valence electrons. The van der Waals surface area contributed by atoms with Crippen molar-refractivity contribution in [2.75, 3.05) is 6.61 Å². The van der Waals surface area contributed by atoms with E-state index in [2.05, 4.69) is 5.43 Å². The minimum Gasteiger partial charge on any atom is -0.493 e. The van der Waals surface area contributed by atoms with Gasteiger partial charge in [0.2, 0.25) is 5.91 Å². The Bertz CT molecular complexity index is 958. The van der Waals surface area contributed by atoms with Gasteiger partial charge in [-0.2, -0.15) is 5.01 Å². The lowest BCUT2D eigenvalue weighted by Gasteiger charge is -2.55. The highest BCUT2D eigenvalue weighted by atomic mass is 35.5. The molecule has 5 fully saturated rings. The molecule has 2 amide bonds. The normalized spacial score (nSPS) is 32.8. The Morgan fingerprint density at radius 1 is 1.29 bits per heavy atom. The van der Waals surface area contributed by atoms with Gasteiger partial charge < -0.3 is 4.74 Å². The molecule has 1 heterocycles. The first-order valence-electron chi connectivity index (χ1n) is 10.9. The highest BCUT2D eigenvalue weighted by Gasteiger charge is 2.55. The maximum absolute atomic E-state index is 13.4. The zero-order valence-electron chi connectivity index (χ0n) is 17.4. The van der Waals surface area contributed by atoms with Crippen LogP contribution in [-0.2, 0) is 9.59 Å². The van der Waals surface area contributed by atoms with E-state index in [0.29, 0.717) is 49.9 Å². The zero-order valence-corrected chi connectivity index (χ0v) is 19.7. The van der Waals surface area contributed by atoms with Crippen molar-refractivity contribution < 1.29 is 14.3 Å². The van der Waals surface area contributed by atoms with Crippen LogP contribution < -0.4 is 10.2 Å². The molecule has 5 aliphatic rings. The van der Waals surface area contributed by atoms with E-state index in [1.165, 1.54) is 36.0 Å². The molecule has 6 rings (SSSR count). The number of carbonyl (C=O) groups is 2. The van der Waals surface area contributed by atoms with Crippen LogP contribution in [0.5, 0.6) is 5.75 Å². The van der Waals surface area contributed by atoms with E-state index in [0.717, 1.165) is 19.3 Å². The molecular weight excluding hydrogens is 452 g/mol. The second-order valence-electron chi connectivity index (χ2n) is 9.27. The van der Waals surface area contributed by atoms with Gasteiger partial charge in [0.05, 0.1) is 16.9 Å². The summed E-state index contributed by atoms with van der Waals surface area (Å²) in [7, 11) is 0. The van der Waals surface area contributed by atoms with Crippen LogP contribution in [0.4, 0.5) is 0 Å². The van der Waals surface area contributed by atoms with Crippen molar-refractivity contribution in [2.24, 2.45) is 23.2 Å². The van der Waals surface area contributed by atoms with Crippen molar-refractivity contribution in [1.82, 2.24) is 10.4 Å². The predicted octanol–water partition coefficient (Wildman–Crippen LogP) is 5.19. The molecule has 0 unspecified atom stereocenters. The maximum Gasteiger partial charge on any atom is 0.285 e. The average Bonchev–Trinajstić information content (AvgIpc) is 2.96. The number of thiocarbonyl (C=S) groups is 1. The highest BCUT2D eigenvalue weighted by molar-refractivity contribution is 8.26. The number of benzene rings is 1. The molecule has 8 heteroatoms. The van der Waals surface area contributed by atoms with Crippen molar-refractivity contribution in [2.45, 2.75) is 45.4 Å². The van der Waals surface area contributed by atoms with Crippen LogP contribution in [0.25, 0.3) is 6.08 Å². The van der Waals surface area contributed by atoms with Gasteiger partial charge in [-0.15, -0.1) is 0 Å². The van der Waals surface area contributed by atoms with Crippen LogP contribution in [-0.4, -0.2) is 27.8 Å². The quantitative estimate of drug-likeness (QED) is 0.468. The van der Waals surface area contributed by atoms with E-state index < -0.39 is 0 Å². The molecule has 5 nitrogen and oxygen atoms in total. The number of ether oxygens (including phenoxy) is 1. The number of rotatable bonds is 5. The van der Waals surface area contributed by atoms with Gasteiger partial charge in [0.1, 0.15) is 5.75 Å². The molecule has 1 aliphatic heterocycles. The fraction of sp³-hybridized carbons (Fsp3) is 0.522. The molecule has 4 saturated carbocycles. The summed E-state index contributed by atoms with van der Waals surface area (Å²) < 4.78 is 6.00. The third-order valence-corrected chi connectivity index (χ3v) is 8.62. The Kier molecular flexibility index (Phi) is 5.55. The fourth-order valence-corrected chi connectivity index (χ4v) is 7.58. The molecular formula is C23H25ClN2O3S2. The van der Waals surface area contributed by atoms with Gasteiger partial charge in [0.25, 0.3) is 5.91 Å². The van der Waals surface area contributed by atoms with E-state index in [4.69, 9.17) is 28.6 Å². The van der Waals surface area contributed by atoms with Gasteiger partial charge in [-0.25, -0.2) is 0 Å².